The van der Waals surface area contributed by atoms with E-state index in [4.69, 9.17) is 17.0 Å². The average Bonchev–Trinajstić information content (AvgIpc) is 2.68. The molecule has 0 aliphatic heterocycles. The number of amides is 2. The minimum Gasteiger partial charge on any atom is -0.496 e. The third kappa shape index (κ3) is 5.53. The molecule has 0 saturated heterocycles. The number of halogens is 1. The van der Waals surface area contributed by atoms with E-state index < -0.39 is 5.91 Å². The van der Waals surface area contributed by atoms with Gasteiger partial charge in [0.1, 0.15) is 5.75 Å². The van der Waals surface area contributed by atoms with Gasteiger partial charge in [0.05, 0.1) is 12.7 Å². The lowest BCUT2D eigenvalue weighted by atomic mass is 10.1. The normalized spacial score (nSPS) is 10.1. The Morgan fingerprint density at radius 2 is 1.86 bits per heavy atom. The molecule has 0 aliphatic rings. The molecule has 2 aromatic carbocycles. The fourth-order valence-corrected chi connectivity index (χ4v) is 3.19. The summed E-state index contributed by atoms with van der Waals surface area (Å²) in [5.41, 5.74) is 1.52. The number of carbonyl (C=O) groups is 2. The van der Waals surface area contributed by atoms with Gasteiger partial charge in [0.25, 0.3) is 11.8 Å². The lowest BCUT2D eigenvalue weighted by molar-refractivity contribution is 0.0772. The molecule has 0 unspecified atom stereocenters. The molecule has 6 nitrogen and oxygen atoms in total. The van der Waals surface area contributed by atoms with Gasteiger partial charge in [0, 0.05) is 28.8 Å². The highest BCUT2D eigenvalue weighted by molar-refractivity contribution is 9.10. The van der Waals surface area contributed by atoms with E-state index in [-0.39, 0.29) is 11.0 Å². The van der Waals surface area contributed by atoms with Crippen molar-refractivity contribution in [3.8, 4) is 5.75 Å². The van der Waals surface area contributed by atoms with Crippen molar-refractivity contribution in [3.63, 3.8) is 0 Å². The Morgan fingerprint density at radius 3 is 2.50 bits per heavy atom. The lowest BCUT2D eigenvalue weighted by Crippen LogP contribution is -2.34. The van der Waals surface area contributed by atoms with E-state index in [2.05, 4.69) is 26.6 Å². The zero-order valence-electron chi connectivity index (χ0n) is 15.9. The first-order valence-electron chi connectivity index (χ1n) is 8.74. The Bertz CT molecular complexity index is 885. The molecule has 148 valence electrons. The monoisotopic (exact) mass is 463 g/mol. The van der Waals surface area contributed by atoms with E-state index in [9.17, 15) is 9.59 Å². The molecule has 2 amide bonds. The van der Waals surface area contributed by atoms with Gasteiger partial charge >= 0.3 is 0 Å². The largest absolute Gasteiger partial charge is 0.496 e. The minimum atomic E-state index is -0.397. The van der Waals surface area contributed by atoms with Crippen LogP contribution in [-0.2, 0) is 0 Å². The van der Waals surface area contributed by atoms with E-state index in [0.717, 1.165) is 4.47 Å². The van der Waals surface area contributed by atoms with Crippen LogP contribution in [0.3, 0.4) is 0 Å². The Labute approximate surface area is 178 Å². The maximum Gasteiger partial charge on any atom is 0.261 e. The second-order valence-electron chi connectivity index (χ2n) is 5.81. The summed E-state index contributed by atoms with van der Waals surface area (Å²) in [6.45, 7) is 5.14. The van der Waals surface area contributed by atoms with Gasteiger partial charge in [-0.3, -0.25) is 14.9 Å². The van der Waals surface area contributed by atoms with Crippen molar-refractivity contribution in [2.45, 2.75) is 13.8 Å². The SMILES string of the molecule is CCN(CC)C(=O)c1cccc(NC(=S)NC(=O)c2cc(Br)ccc2OC)c1. The van der Waals surface area contributed by atoms with Crippen molar-refractivity contribution < 1.29 is 14.3 Å². The van der Waals surface area contributed by atoms with Gasteiger partial charge in [0.2, 0.25) is 0 Å². The predicted octanol–water partition coefficient (Wildman–Crippen LogP) is 4.07. The zero-order chi connectivity index (χ0) is 20.7. The van der Waals surface area contributed by atoms with Crippen LogP contribution in [0.15, 0.2) is 46.9 Å². The van der Waals surface area contributed by atoms with Crippen LogP contribution in [0, 0.1) is 0 Å². The van der Waals surface area contributed by atoms with Gasteiger partial charge in [0.15, 0.2) is 5.11 Å². The van der Waals surface area contributed by atoms with Gasteiger partial charge in [-0.25, -0.2) is 0 Å². The second-order valence-corrected chi connectivity index (χ2v) is 7.14. The number of rotatable bonds is 6. The standard InChI is InChI=1S/C20H22BrN3O3S/c1-4-24(5-2)19(26)13-7-6-8-15(11-13)22-20(28)23-18(25)16-12-14(21)9-10-17(16)27-3/h6-12H,4-5H2,1-3H3,(H2,22,23,25,28). The quantitative estimate of drug-likeness (QED) is 0.631. The van der Waals surface area contributed by atoms with Crippen molar-refractivity contribution in [2.75, 3.05) is 25.5 Å². The molecular weight excluding hydrogens is 442 g/mol. The molecule has 2 aromatic rings. The molecule has 0 aromatic heterocycles. The minimum absolute atomic E-state index is 0.0533. The lowest BCUT2D eigenvalue weighted by Gasteiger charge is -2.19. The highest BCUT2D eigenvalue weighted by Gasteiger charge is 2.15. The highest BCUT2D eigenvalue weighted by Crippen LogP contribution is 2.23. The highest BCUT2D eigenvalue weighted by atomic mass is 79.9. The van der Waals surface area contributed by atoms with Crippen molar-refractivity contribution in [2.24, 2.45) is 0 Å². The molecule has 28 heavy (non-hydrogen) atoms. The first-order valence-corrected chi connectivity index (χ1v) is 9.94. The van der Waals surface area contributed by atoms with E-state index in [0.29, 0.717) is 35.7 Å². The van der Waals surface area contributed by atoms with Crippen LogP contribution < -0.4 is 15.4 Å². The van der Waals surface area contributed by atoms with Gasteiger partial charge in [-0.15, -0.1) is 0 Å². The maximum atomic E-state index is 12.5. The fraction of sp³-hybridized carbons (Fsp3) is 0.250. The smallest absolute Gasteiger partial charge is 0.261 e. The Hall–Kier alpha value is -2.45. The van der Waals surface area contributed by atoms with Crippen LogP contribution in [0.1, 0.15) is 34.6 Å². The average molecular weight is 464 g/mol. The van der Waals surface area contributed by atoms with E-state index in [1.165, 1.54) is 7.11 Å². The van der Waals surface area contributed by atoms with Crippen molar-refractivity contribution in [3.05, 3.63) is 58.1 Å². The summed E-state index contributed by atoms with van der Waals surface area (Å²) in [6.07, 6.45) is 0. The van der Waals surface area contributed by atoms with E-state index in [1.807, 2.05) is 13.8 Å². The number of thiocarbonyl (C=S) groups is 1. The number of nitrogens with one attached hydrogen (secondary N) is 2. The number of methoxy groups -OCH3 is 1. The number of hydrogen-bond donors (Lipinski definition) is 2. The number of carbonyl (C=O) groups excluding carboxylic acids is 2. The molecule has 0 fully saturated rings. The van der Waals surface area contributed by atoms with Crippen LogP contribution >= 0.6 is 28.1 Å². The molecule has 0 saturated carbocycles. The number of anilines is 1. The Kier molecular flexibility index (Phi) is 7.95. The van der Waals surface area contributed by atoms with Gasteiger partial charge in [-0.2, -0.15) is 0 Å². The van der Waals surface area contributed by atoms with E-state index >= 15 is 0 Å². The van der Waals surface area contributed by atoms with E-state index in [1.54, 1.807) is 47.4 Å². The molecular formula is C20H22BrN3O3S. The summed E-state index contributed by atoms with van der Waals surface area (Å²) in [5.74, 6) is -0.0104. The van der Waals surface area contributed by atoms with Crippen molar-refractivity contribution >= 4 is 50.8 Å². The van der Waals surface area contributed by atoms with Crippen LogP contribution in [0.5, 0.6) is 5.75 Å². The topological polar surface area (TPSA) is 70.7 Å². The summed E-state index contributed by atoms with van der Waals surface area (Å²) in [6, 6.07) is 12.1. The Morgan fingerprint density at radius 1 is 1.14 bits per heavy atom. The summed E-state index contributed by atoms with van der Waals surface area (Å²) < 4.78 is 5.97. The Balaban J connectivity index is 2.09. The summed E-state index contributed by atoms with van der Waals surface area (Å²) in [7, 11) is 1.50. The van der Waals surface area contributed by atoms with Gasteiger partial charge in [-0.05, 0) is 62.5 Å². The van der Waals surface area contributed by atoms with Crippen LogP contribution in [0.4, 0.5) is 5.69 Å². The number of hydrogen-bond acceptors (Lipinski definition) is 4. The summed E-state index contributed by atoms with van der Waals surface area (Å²) in [5, 5.41) is 5.69. The number of benzene rings is 2. The summed E-state index contributed by atoms with van der Waals surface area (Å²) >= 11 is 8.58. The van der Waals surface area contributed by atoms with Crippen LogP contribution in [0.2, 0.25) is 0 Å². The van der Waals surface area contributed by atoms with Gasteiger partial charge < -0.3 is 15.0 Å². The molecule has 0 atom stereocenters. The second kappa shape index (κ2) is 10.2. The molecule has 0 bridgehead atoms. The molecule has 2 N–H and O–H groups in total. The van der Waals surface area contributed by atoms with Crippen LogP contribution in [-0.4, -0.2) is 42.0 Å². The van der Waals surface area contributed by atoms with Crippen molar-refractivity contribution in [1.82, 2.24) is 10.2 Å². The van der Waals surface area contributed by atoms with Crippen LogP contribution in [0.25, 0.3) is 0 Å². The zero-order valence-corrected chi connectivity index (χ0v) is 18.3. The number of nitrogens with zero attached hydrogens (tertiary/aromatic N) is 1. The molecule has 0 heterocycles. The van der Waals surface area contributed by atoms with Gasteiger partial charge in [-0.1, -0.05) is 22.0 Å². The fourth-order valence-electron chi connectivity index (χ4n) is 2.61. The molecule has 2 rings (SSSR count). The molecule has 0 radical (unpaired) electrons. The molecule has 0 aliphatic carbocycles. The predicted molar refractivity (Wildman–Crippen MR) is 118 cm³/mol. The molecule has 0 spiro atoms. The number of ether oxygens (including phenoxy) is 1. The third-order valence-corrected chi connectivity index (χ3v) is 4.75. The molecule has 8 heteroatoms. The summed E-state index contributed by atoms with van der Waals surface area (Å²) in [4.78, 5) is 26.7. The van der Waals surface area contributed by atoms with Crippen molar-refractivity contribution in [1.29, 1.82) is 0 Å². The first-order chi connectivity index (χ1) is 13.4. The first kappa shape index (κ1) is 21.8. The third-order valence-electron chi connectivity index (χ3n) is 4.05. The maximum absolute atomic E-state index is 12.5.